The van der Waals surface area contributed by atoms with Gasteiger partial charge in [-0.15, -0.1) is 6.42 Å². The molecule has 0 saturated carbocycles. The van der Waals surface area contributed by atoms with Gasteiger partial charge in [-0.1, -0.05) is 47.6 Å². The van der Waals surface area contributed by atoms with E-state index in [0.29, 0.717) is 21.9 Å². The lowest BCUT2D eigenvalue weighted by Gasteiger charge is -2.08. The van der Waals surface area contributed by atoms with Crippen LogP contribution >= 0.6 is 11.3 Å². The smallest absolute Gasteiger partial charge is 0.283 e. The molecule has 0 atom stereocenters. The van der Waals surface area contributed by atoms with E-state index in [2.05, 4.69) is 10.9 Å². The van der Waals surface area contributed by atoms with Gasteiger partial charge in [0, 0.05) is 0 Å². The lowest BCUT2D eigenvalue weighted by molar-refractivity contribution is 0.0995. The van der Waals surface area contributed by atoms with Crippen molar-refractivity contribution in [2.24, 2.45) is 4.99 Å². The summed E-state index contributed by atoms with van der Waals surface area (Å²) in [5, 5.41) is 1.94. The normalized spacial score (nSPS) is 11.6. The van der Waals surface area contributed by atoms with E-state index in [0.717, 1.165) is 21.0 Å². The quantitative estimate of drug-likeness (QED) is 0.480. The largest absolute Gasteiger partial charge is 0.496 e. The van der Waals surface area contributed by atoms with Gasteiger partial charge in [-0.3, -0.25) is 4.79 Å². The highest BCUT2D eigenvalue weighted by Gasteiger charge is 2.16. The number of ether oxygens (including phenoxy) is 2. The molecule has 0 aliphatic rings. The van der Waals surface area contributed by atoms with Crippen molar-refractivity contribution in [2.45, 2.75) is 6.54 Å². The number of para-hydroxylation sites is 1. The summed E-state index contributed by atoms with van der Waals surface area (Å²) in [4.78, 5) is 18.0. The van der Waals surface area contributed by atoms with Crippen LogP contribution < -0.4 is 14.3 Å². The van der Waals surface area contributed by atoms with E-state index in [1.807, 2.05) is 53.1 Å². The molecular weight excluding hydrogens is 384 g/mol. The molecule has 0 radical (unpaired) electrons. The van der Waals surface area contributed by atoms with Gasteiger partial charge >= 0.3 is 0 Å². The van der Waals surface area contributed by atoms with E-state index in [9.17, 15) is 4.79 Å². The van der Waals surface area contributed by atoms with Crippen LogP contribution in [0.3, 0.4) is 0 Å². The molecule has 0 spiro atoms. The Hall–Kier alpha value is -3.56. The van der Waals surface area contributed by atoms with Gasteiger partial charge in [0.15, 0.2) is 4.80 Å². The number of hydrogen-bond donors (Lipinski definition) is 0. The monoisotopic (exact) mass is 402 g/mol. The number of thiazole rings is 1. The van der Waals surface area contributed by atoms with Crippen molar-refractivity contribution in [3.8, 4) is 23.8 Å². The Kier molecular flexibility index (Phi) is 5.07. The van der Waals surface area contributed by atoms with Crippen molar-refractivity contribution in [1.29, 1.82) is 0 Å². The minimum atomic E-state index is -0.385. The molecule has 0 N–H and O–H groups in total. The molecule has 0 fully saturated rings. The highest BCUT2D eigenvalue weighted by molar-refractivity contribution is 7.16. The summed E-state index contributed by atoms with van der Waals surface area (Å²) in [5.74, 6) is 3.42. The maximum atomic E-state index is 13.1. The standard InChI is InChI=1S/C23H18N2O3S/c1-4-12-25-21-18(27-2)10-7-11-20(21)29-23(25)24-22(26)17-13-15-8-5-6-9-16(15)14-19(17)28-3/h1,5-11,13-14H,12H2,2-3H3. The van der Waals surface area contributed by atoms with Crippen LogP contribution in [0.4, 0.5) is 0 Å². The molecule has 4 rings (SSSR count). The third-order valence-corrected chi connectivity index (χ3v) is 5.67. The SMILES string of the molecule is C#CCn1c(=NC(=O)c2cc3ccccc3cc2OC)sc2cccc(OC)c21. The van der Waals surface area contributed by atoms with Crippen molar-refractivity contribution in [1.82, 2.24) is 4.57 Å². The molecule has 144 valence electrons. The molecule has 29 heavy (non-hydrogen) atoms. The second-order valence-electron chi connectivity index (χ2n) is 6.30. The van der Waals surface area contributed by atoms with Crippen molar-refractivity contribution in [3.05, 3.63) is 65.0 Å². The Bertz CT molecular complexity index is 1340. The molecule has 1 aromatic heterocycles. The van der Waals surface area contributed by atoms with E-state index in [1.54, 1.807) is 20.3 Å². The highest BCUT2D eigenvalue weighted by atomic mass is 32.1. The van der Waals surface area contributed by atoms with Crippen LogP contribution in [-0.4, -0.2) is 24.7 Å². The third-order valence-electron chi connectivity index (χ3n) is 4.63. The van der Waals surface area contributed by atoms with Gasteiger partial charge in [0.05, 0.1) is 31.0 Å². The summed E-state index contributed by atoms with van der Waals surface area (Å²) in [6, 6.07) is 17.2. The van der Waals surface area contributed by atoms with Gasteiger partial charge in [0.1, 0.15) is 17.0 Å². The van der Waals surface area contributed by atoms with Gasteiger partial charge < -0.3 is 14.0 Å². The first-order chi connectivity index (χ1) is 14.2. The molecule has 6 heteroatoms. The zero-order valence-corrected chi connectivity index (χ0v) is 16.8. The van der Waals surface area contributed by atoms with Crippen molar-refractivity contribution in [3.63, 3.8) is 0 Å². The number of carbonyl (C=O) groups is 1. The highest BCUT2D eigenvalue weighted by Crippen LogP contribution is 2.28. The number of rotatable bonds is 4. The first-order valence-corrected chi connectivity index (χ1v) is 9.73. The van der Waals surface area contributed by atoms with Crippen LogP contribution in [0.15, 0.2) is 59.6 Å². The van der Waals surface area contributed by atoms with Crippen LogP contribution in [0.25, 0.3) is 21.0 Å². The molecule has 0 aliphatic heterocycles. The number of terminal acetylenes is 1. The first-order valence-electron chi connectivity index (χ1n) is 8.92. The summed E-state index contributed by atoms with van der Waals surface area (Å²) in [7, 11) is 3.15. The lowest BCUT2D eigenvalue weighted by atomic mass is 10.1. The zero-order chi connectivity index (χ0) is 20.4. The fourth-order valence-electron chi connectivity index (χ4n) is 3.29. The average Bonchev–Trinajstić information content (AvgIpc) is 3.10. The van der Waals surface area contributed by atoms with Crippen LogP contribution in [0.1, 0.15) is 10.4 Å². The van der Waals surface area contributed by atoms with Crippen LogP contribution in [0.2, 0.25) is 0 Å². The third kappa shape index (κ3) is 3.37. The maximum Gasteiger partial charge on any atom is 0.283 e. The summed E-state index contributed by atoms with van der Waals surface area (Å²) < 4.78 is 13.7. The lowest BCUT2D eigenvalue weighted by Crippen LogP contribution is -2.17. The maximum absolute atomic E-state index is 13.1. The van der Waals surface area contributed by atoms with Gasteiger partial charge in [-0.2, -0.15) is 4.99 Å². The molecule has 0 saturated heterocycles. The fraction of sp³-hybridized carbons (Fsp3) is 0.130. The number of hydrogen-bond acceptors (Lipinski definition) is 4. The Morgan fingerprint density at radius 1 is 1.07 bits per heavy atom. The topological polar surface area (TPSA) is 52.8 Å². The van der Waals surface area contributed by atoms with Crippen LogP contribution in [0, 0.1) is 12.3 Å². The van der Waals surface area contributed by atoms with Crippen LogP contribution in [-0.2, 0) is 6.54 Å². The van der Waals surface area contributed by atoms with Crippen molar-refractivity contribution < 1.29 is 14.3 Å². The summed E-state index contributed by atoms with van der Waals surface area (Å²) in [6.07, 6.45) is 5.57. The second-order valence-corrected chi connectivity index (χ2v) is 7.31. The summed E-state index contributed by atoms with van der Waals surface area (Å²) in [6.45, 7) is 0.279. The van der Waals surface area contributed by atoms with Crippen molar-refractivity contribution in [2.75, 3.05) is 14.2 Å². The number of amides is 1. The van der Waals surface area contributed by atoms with Crippen molar-refractivity contribution >= 4 is 38.2 Å². The molecule has 5 nitrogen and oxygen atoms in total. The predicted octanol–water partition coefficient (Wildman–Crippen LogP) is 4.25. The molecule has 4 aromatic rings. The van der Waals surface area contributed by atoms with E-state index in [4.69, 9.17) is 15.9 Å². The minimum Gasteiger partial charge on any atom is -0.496 e. The molecule has 0 bridgehead atoms. The summed E-state index contributed by atoms with van der Waals surface area (Å²) >= 11 is 1.39. The number of fused-ring (bicyclic) bond motifs is 2. The Labute approximate surface area is 171 Å². The number of nitrogens with zero attached hydrogens (tertiary/aromatic N) is 2. The molecule has 1 heterocycles. The number of carbonyl (C=O) groups excluding carboxylic acids is 1. The summed E-state index contributed by atoms with van der Waals surface area (Å²) in [5.41, 5.74) is 1.23. The molecule has 0 aliphatic carbocycles. The molecular formula is C23H18N2O3S. The van der Waals surface area contributed by atoms with E-state index in [-0.39, 0.29) is 12.5 Å². The molecule has 0 unspecified atom stereocenters. The zero-order valence-electron chi connectivity index (χ0n) is 16.0. The van der Waals surface area contributed by atoms with E-state index in [1.165, 1.54) is 11.3 Å². The Balaban J connectivity index is 1.92. The molecule has 3 aromatic carbocycles. The predicted molar refractivity (Wildman–Crippen MR) is 116 cm³/mol. The minimum absolute atomic E-state index is 0.279. The average molecular weight is 402 g/mol. The van der Waals surface area contributed by atoms with Gasteiger partial charge in [-0.25, -0.2) is 0 Å². The Morgan fingerprint density at radius 3 is 2.48 bits per heavy atom. The molecule has 1 amide bonds. The number of benzene rings is 3. The van der Waals surface area contributed by atoms with E-state index < -0.39 is 0 Å². The Morgan fingerprint density at radius 2 is 1.79 bits per heavy atom. The van der Waals surface area contributed by atoms with Gasteiger partial charge in [0.25, 0.3) is 5.91 Å². The second kappa shape index (κ2) is 7.82. The fourth-order valence-corrected chi connectivity index (χ4v) is 4.33. The van der Waals surface area contributed by atoms with Crippen LogP contribution in [0.5, 0.6) is 11.5 Å². The first kappa shape index (κ1) is 18.8. The van der Waals surface area contributed by atoms with Gasteiger partial charge in [-0.05, 0) is 35.0 Å². The van der Waals surface area contributed by atoms with Gasteiger partial charge in [0.2, 0.25) is 0 Å². The number of methoxy groups -OCH3 is 2. The number of aromatic nitrogens is 1. The van der Waals surface area contributed by atoms with E-state index >= 15 is 0 Å².